The molecule has 28 heavy (non-hydrogen) atoms. The van der Waals surface area contributed by atoms with E-state index in [-0.39, 0.29) is 17.7 Å². The maximum absolute atomic E-state index is 14.2. The maximum atomic E-state index is 14.2. The number of halogens is 1. The minimum absolute atomic E-state index is 0.116. The molecule has 0 fully saturated rings. The van der Waals surface area contributed by atoms with Crippen molar-refractivity contribution < 1.29 is 13.9 Å². The largest absolute Gasteiger partial charge is 0.436 e. The molecular formula is C21H19FN4O2. The molecule has 7 heteroatoms. The SMILES string of the molecule is OC(N[C@@H]1CCCc2c1cnn2-c1ccccc1F)c1nc2ccccc2o1. The minimum atomic E-state index is -1.04. The first-order chi connectivity index (χ1) is 13.7. The van der Waals surface area contributed by atoms with Crippen molar-refractivity contribution in [2.24, 2.45) is 0 Å². The Morgan fingerprint density at radius 1 is 1.18 bits per heavy atom. The molecule has 2 aromatic carbocycles. The first kappa shape index (κ1) is 17.1. The summed E-state index contributed by atoms with van der Waals surface area (Å²) in [7, 11) is 0. The van der Waals surface area contributed by atoms with Gasteiger partial charge in [0.2, 0.25) is 5.89 Å². The van der Waals surface area contributed by atoms with E-state index in [4.69, 9.17) is 4.42 Å². The quantitative estimate of drug-likeness (QED) is 0.528. The van der Waals surface area contributed by atoms with Crippen LogP contribution in [0.25, 0.3) is 16.8 Å². The van der Waals surface area contributed by atoms with Crippen LogP contribution >= 0.6 is 0 Å². The van der Waals surface area contributed by atoms with Gasteiger partial charge in [-0.1, -0.05) is 24.3 Å². The number of hydrogen-bond acceptors (Lipinski definition) is 5. The number of oxazole rings is 1. The molecule has 0 bridgehead atoms. The first-order valence-electron chi connectivity index (χ1n) is 9.32. The van der Waals surface area contributed by atoms with Crippen molar-refractivity contribution in [2.45, 2.75) is 31.5 Å². The lowest BCUT2D eigenvalue weighted by molar-refractivity contribution is 0.0924. The second-order valence-corrected chi connectivity index (χ2v) is 6.94. The standard InChI is InChI=1S/C21H19FN4O2/c22-14-6-1-3-9-18(14)26-17-10-5-8-15(13(17)12-23-26)24-20(27)21-25-16-7-2-4-11-19(16)28-21/h1-4,6-7,9,11-12,15,20,24,27H,5,8,10H2/t15-,20?/m1/s1. The van der Waals surface area contributed by atoms with Crippen molar-refractivity contribution in [1.29, 1.82) is 0 Å². The van der Waals surface area contributed by atoms with E-state index < -0.39 is 6.23 Å². The average Bonchev–Trinajstić information content (AvgIpc) is 3.33. The van der Waals surface area contributed by atoms with Crippen molar-refractivity contribution >= 4 is 11.1 Å². The highest BCUT2D eigenvalue weighted by molar-refractivity contribution is 5.72. The summed E-state index contributed by atoms with van der Waals surface area (Å²) < 4.78 is 21.5. The molecule has 2 N–H and O–H groups in total. The van der Waals surface area contributed by atoms with E-state index in [1.54, 1.807) is 29.1 Å². The Kier molecular flexibility index (Phi) is 4.18. The third-order valence-corrected chi connectivity index (χ3v) is 5.17. The fraction of sp³-hybridized carbons (Fsp3) is 0.238. The van der Waals surface area contributed by atoms with E-state index in [2.05, 4.69) is 15.4 Å². The zero-order chi connectivity index (χ0) is 19.1. The molecule has 0 aliphatic heterocycles. The average molecular weight is 378 g/mol. The molecule has 0 amide bonds. The van der Waals surface area contributed by atoms with Crippen LogP contribution in [0, 0.1) is 5.82 Å². The van der Waals surface area contributed by atoms with E-state index in [9.17, 15) is 9.50 Å². The fourth-order valence-corrected chi connectivity index (χ4v) is 3.83. The second-order valence-electron chi connectivity index (χ2n) is 6.94. The molecule has 2 heterocycles. The topological polar surface area (TPSA) is 76.1 Å². The highest BCUT2D eigenvalue weighted by Gasteiger charge is 2.28. The van der Waals surface area contributed by atoms with Crippen LogP contribution in [0.3, 0.4) is 0 Å². The van der Waals surface area contributed by atoms with Crippen LogP contribution in [0.5, 0.6) is 0 Å². The summed E-state index contributed by atoms with van der Waals surface area (Å²) in [6.07, 6.45) is 3.26. The van der Waals surface area contributed by atoms with Gasteiger partial charge in [-0.25, -0.2) is 14.1 Å². The normalized spacial score (nSPS) is 17.6. The van der Waals surface area contributed by atoms with Gasteiger partial charge in [0.25, 0.3) is 0 Å². The van der Waals surface area contributed by atoms with Crippen molar-refractivity contribution in [1.82, 2.24) is 20.1 Å². The van der Waals surface area contributed by atoms with Crippen LogP contribution in [0.4, 0.5) is 4.39 Å². The number of aliphatic hydroxyl groups excluding tert-OH is 1. The lowest BCUT2D eigenvalue weighted by Crippen LogP contribution is -2.29. The van der Waals surface area contributed by atoms with Crippen molar-refractivity contribution in [3.8, 4) is 5.69 Å². The molecule has 4 aromatic rings. The number of para-hydroxylation sites is 3. The van der Waals surface area contributed by atoms with Crippen LogP contribution in [0.1, 0.15) is 42.3 Å². The second kappa shape index (κ2) is 6.85. The smallest absolute Gasteiger partial charge is 0.239 e. The predicted molar refractivity (Wildman–Crippen MR) is 101 cm³/mol. The van der Waals surface area contributed by atoms with Gasteiger partial charge in [0, 0.05) is 17.3 Å². The van der Waals surface area contributed by atoms with Crippen LogP contribution < -0.4 is 5.32 Å². The number of nitrogens with one attached hydrogen (secondary N) is 1. The van der Waals surface area contributed by atoms with E-state index in [0.29, 0.717) is 16.8 Å². The Balaban J connectivity index is 1.43. The summed E-state index contributed by atoms with van der Waals surface area (Å²) in [5.41, 5.74) is 3.69. The van der Waals surface area contributed by atoms with Gasteiger partial charge in [0.15, 0.2) is 11.8 Å². The summed E-state index contributed by atoms with van der Waals surface area (Å²) in [6, 6.07) is 13.9. The molecule has 6 nitrogen and oxygen atoms in total. The molecular weight excluding hydrogens is 359 g/mol. The number of rotatable bonds is 4. The van der Waals surface area contributed by atoms with Crippen LogP contribution in [0.2, 0.25) is 0 Å². The number of benzene rings is 2. The summed E-state index contributed by atoms with van der Waals surface area (Å²) in [5, 5.41) is 18.2. The van der Waals surface area contributed by atoms with Gasteiger partial charge in [-0.3, -0.25) is 5.32 Å². The van der Waals surface area contributed by atoms with E-state index in [0.717, 1.165) is 30.5 Å². The lowest BCUT2D eigenvalue weighted by Gasteiger charge is -2.25. The number of hydrogen-bond donors (Lipinski definition) is 2. The maximum Gasteiger partial charge on any atom is 0.239 e. The minimum Gasteiger partial charge on any atom is -0.436 e. The van der Waals surface area contributed by atoms with Gasteiger partial charge in [-0.05, 0) is 43.5 Å². The van der Waals surface area contributed by atoms with Gasteiger partial charge in [0.1, 0.15) is 17.0 Å². The summed E-state index contributed by atoms with van der Waals surface area (Å²) in [6.45, 7) is 0. The molecule has 142 valence electrons. The number of aromatic nitrogens is 3. The Bertz CT molecular complexity index is 1100. The fourth-order valence-electron chi connectivity index (χ4n) is 3.83. The molecule has 2 atom stereocenters. The van der Waals surface area contributed by atoms with Crippen molar-refractivity contribution in [3.63, 3.8) is 0 Å². The van der Waals surface area contributed by atoms with Gasteiger partial charge in [-0.2, -0.15) is 5.10 Å². The summed E-state index contributed by atoms with van der Waals surface area (Å²) >= 11 is 0. The molecule has 5 rings (SSSR count). The third kappa shape index (κ3) is 2.89. The lowest BCUT2D eigenvalue weighted by atomic mass is 9.92. The van der Waals surface area contributed by atoms with Crippen molar-refractivity contribution in [3.05, 3.63) is 77.7 Å². The predicted octanol–water partition coefficient (Wildman–Crippen LogP) is 3.81. The van der Waals surface area contributed by atoms with Gasteiger partial charge < -0.3 is 9.52 Å². The summed E-state index contributed by atoms with van der Waals surface area (Å²) in [4.78, 5) is 4.35. The molecule has 1 unspecified atom stereocenters. The van der Waals surface area contributed by atoms with E-state index >= 15 is 0 Å². The molecule has 2 aromatic heterocycles. The zero-order valence-corrected chi connectivity index (χ0v) is 15.0. The van der Waals surface area contributed by atoms with Gasteiger partial charge in [-0.15, -0.1) is 0 Å². The third-order valence-electron chi connectivity index (χ3n) is 5.17. The zero-order valence-electron chi connectivity index (χ0n) is 15.0. The monoisotopic (exact) mass is 378 g/mol. The molecule has 0 radical (unpaired) electrons. The Labute approximate surface area is 160 Å². The summed E-state index contributed by atoms with van der Waals surface area (Å²) in [5.74, 6) is -0.0789. The van der Waals surface area contributed by atoms with E-state index in [1.807, 2.05) is 24.3 Å². The molecule has 1 aliphatic rings. The molecule has 1 aliphatic carbocycles. The van der Waals surface area contributed by atoms with Crippen LogP contribution in [-0.4, -0.2) is 19.9 Å². The van der Waals surface area contributed by atoms with E-state index in [1.165, 1.54) is 6.07 Å². The van der Waals surface area contributed by atoms with Crippen molar-refractivity contribution in [2.75, 3.05) is 0 Å². The number of fused-ring (bicyclic) bond motifs is 2. The highest BCUT2D eigenvalue weighted by atomic mass is 19.1. The molecule has 0 saturated carbocycles. The Morgan fingerprint density at radius 3 is 2.86 bits per heavy atom. The van der Waals surface area contributed by atoms with Crippen LogP contribution in [0.15, 0.2) is 59.1 Å². The Hall–Kier alpha value is -3.03. The number of aliphatic hydroxyl groups is 1. The number of nitrogens with zero attached hydrogens (tertiary/aromatic N) is 3. The van der Waals surface area contributed by atoms with Crippen LogP contribution in [-0.2, 0) is 6.42 Å². The molecule has 0 spiro atoms. The highest BCUT2D eigenvalue weighted by Crippen LogP contribution is 2.33. The van der Waals surface area contributed by atoms with Gasteiger partial charge >= 0.3 is 0 Å². The Morgan fingerprint density at radius 2 is 2.00 bits per heavy atom. The van der Waals surface area contributed by atoms with Gasteiger partial charge in [0.05, 0.1) is 6.20 Å². The first-order valence-corrected chi connectivity index (χ1v) is 9.32. The molecule has 0 saturated heterocycles.